The molecular formula is C25H39FN2O3. The number of halogens is 1. The zero-order valence-electron chi connectivity index (χ0n) is 18.8. The van der Waals surface area contributed by atoms with Crippen molar-refractivity contribution in [3.8, 4) is 5.75 Å². The molecule has 0 bridgehead atoms. The molecule has 0 aromatic heterocycles. The standard InChI is InChI=1S/C25H39FN2O3/c1-2-3-17-27-18-7-5-4-6-8-19-30-23-13-9-21(10-14-23)20-28-25(29)31-24-15-11-22(26)12-16-24/h2,11-12,15-16,21,23,27H,1,3-10,13-14,17-20H2,(H,28,29). The first-order valence-electron chi connectivity index (χ1n) is 11.8. The van der Waals surface area contributed by atoms with Crippen LogP contribution in [0.25, 0.3) is 0 Å². The monoisotopic (exact) mass is 434 g/mol. The van der Waals surface area contributed by atoms with Crippen LogP contribution in [0.5, 0.6) is 5.75 Å². The molecule has 1 aliphatic rings. The first-order chi connectivity index (χ1) is 15.2. The molecule has 0 heterocycles. The number of carbonyl (C=O) groups is 1. The van der Waals surface area contributed by atoms with E-state index in [-0.39, 0.29) is 5.82 Å². The van der Waals surface area contributed by atoms with Gasteiger partial charge in [0.2, 0.25) is 0 Å². The summed E-state index contributed by atoms with van der Waals surface area (Å²) in [6.45, 7) is 7.33. The smallest absolute Gasteiger partial charge is 0.410 e. The molecule has 1 fully saturated rings. The van der Waals surface area contributed by atoms with Crippen LogP contribution in [0.1, 0.15) is 64.2 Å². The fraction of sp³-hybridized carbons (Fsp3) is 0.640. The van der Waals surface area contributed by atoms with Crippen molar-refractivity contribution in [2.45, 2.75) is 70.3 Å². The highest BCUT2D eigenvalue weighted by atomic mass is 19.1. The molecule has 174 valence electrons. The minimum absolute atomic E-state index is 0.344. The van der Waals surface area contributed by atoms with Crippen LogP contribution in [0.3, 0.4) is 0 Å². The second-order valence-corrected chi connectivity index (χ2v) is 8.33. The Morgan fingerprint density at radius 1 is 1.03 bits per heavy atom. The van der Waals surface area contributed by atoms with E-state index >= 15 is 0 Å². The van der Waals surface area contributed by atoms with E-state index in [9.17, 15) is 9.18 Å². The van der Waals surface area contributed by atoms with Crippen molar-refractivity contribution in [3.05, 3.63) is 42.7 Å². The fourth-order valence-electron chi connectivity index (χ4n) is 3.84. The van der Waals surface area contributed by atoms with E-state index in [1.54, 1.807) is 0 Å². The Labute approximate surface area is 186 Å². The van der Waals surface area contributed by atoms with Crippen molar-refractivity contribution in [2.75, 3.05) is 26.2 Å². The third-order valence-electron chi connectivity index (χ3n) is 5.73. The van der Waals surface area contributed by atoms with Crippen molar-refractivity contribution in [2.24, 2.45) is 5.92 Å². The Balaban J connectivity index is 1.41. The maximum absolute atomic E-state index is 12.9. The molecule has 6 heteroatoms. The number of hydrogen-bond donors (Lipinski definition) is 2. The third-order valence-corrected chi connectivity index (χ3v) is 5.73. The van der Waals surface area contributed by atoms with Crippen molar-refractivity contribution in [1.82, 2.24) is 10.6 Å². The predicted octanol–water partition coefficient (Wildman–Crippen LogP) is 5.61. The molecular weight excluding hydrogens is 395 g/mol. The van der Waals surface area contributed by atoms with Gasteiger partial charge in [-0.25, -0.2) is 9.18 Å². The van der Waals surface area contributed by atoms with E-state index in [1.165, 1.54) is 49.9 Å². The lowest BCUT2D eigenvalue weighted by molar-refractivity contribution is 0.0163. The Kier molecular flexibility index (Phi) is 12.9. The predicted molar refractivity (Wildman–Crippen MR) is 123 cm³/mol. The summed E-state index contributed by atoms with van der Waals surface area (Å²) in [4.78, 5) is 11.9. The lowest BCUT2D eigenvalue weighted by Gasteiger charge is -2.28. The number of amides is 1. The summed E-state index contributed by atoms with van der Waals surface area (Å²) in [5.74, 6) is 0.451. The number of nitrogens with one attached hydrogen (secondary N) is 2. The summed E-state index contributed by atoms with van der Waals surface area (Å²) in [5.41, 5.74) is 0. The van der Waals surface area contributed by atoms with E-state index in [0.717, 1.165) is 58.2 Å². The number of benzene rings is 1. The normalized spacial score (nSPS) is 18.5. The molecule has 5 nitrogen and oxygen atoms in total. The summed E-state index contributed by atoms with van der Waals surface area (Å²) in [7, 11) is 0. The first kappa shape index (κ1) is 25.3. The van der Waals surface area contributed by atoms with Gasteiger partial charge in [-0.1, -0.05) is 25.3 Å². The average molecular weight is 435 g/mol. The lowest BCUT2D eigenvalue weighted by atomic mass is 9.87. The number of unbranched alkanes of at least 4 members (excludes halogenated alkanes) is 4. The fourth-order valence-corrected chi connectivity index (χ4v) is 3.84. The Bertz CT molecular complexity index is 616. The molecule has 0 spiro atoms. The molecule has 0 atom stereocenters. The average Bonchev–Trinajstić information content (AvgIpc) is 2.78. The Morgan fingerprint density at radius 2 is 1.74 bits per heavy atom. The van der Waals surface area contributed by atoms with Crippen LogP contribution in [0.4, 0.5) is 9.18 Å². The lowest BCUT2D eigenvalue weighted by Crippen LogP contribution is -2.34. The molecule has 0 unspecified atom stereocenters. The van der Waals surface area contributed by atoms with Crippen molar-refractivity contribution in [3.63, 3.8) is 0 Å². The summed E-state index contributed by atoms with van der Waals surface area (Å²) >= 11 is 0. The van der Waals surface area contributed by atoms with Gasteiger partial charge >= 0.3 is 6.09 Å². The zero-order valence-corrected chi connectivity index (χ0v) is 18.8. The maximum Gasteiger partial charge on any atom is 0.412 e. The van der Waals surface area contributed by atoms with Crippen LogP contribution in [0.2, 0.25) is 0 Å². The molecule has 0 saturated heterocycles. The third kappa shape index (κ3) is 11.9. The van der Waals surface area contributed by atoms with Crippen LogP contribution < -0.4 is 15.4 Å². The number of carbonyl (C=O) groups excluding carboxylic acids is 1. The minimum atomic E-state index is -0.488. The molecule has 1 aromatic rings. The van der Waals surface area contributed by atoms with E-state index in [2.05, 4.69) is 17.2 Å². The molecule has 1 aromatic carbocycles. The molecule has 0 aliphatic heterocycles. The molecule has 1 aliphatic carbocycles. The highest BCUT2D eigenvalue weighted by Crippen LogP contribution is 2.26. The van der Waals surface area contributed by atoms with Crippen molar-refractivity contribution < 1.29 is 18.7 Å². The van der Waals surface area contributed by atoms with Crippen LogP contribution in [0, 0.1) is 11.7 Å². The Morgan fingerprint density at radius 3 is 2.48 bits per heavy atom. The highest BCUT2D eigenvalue weighted by molar-refractivity contribution is 5.70. The van der Waals surface area contributed by atoms with E-state index in [0.29, 0.717) is 24.3 Å². The summed E-state index contributed by atoms with van der Waals surface area (Å²) < 4.78 is 24.1. The number of ether oxygens (including phenoxy) is 2. The maximum atomic E-state index is 12.9. The molecule has 1 amide bonds. The van der Waals surface area contributed by atoms with Crippen LogP contribution in [-0.4, -0.2) is 38.4 Å². The Hall–Kier alpha value is -1.92. The van der Waals surface area contributed by atoms with Gasteiger partial charge in [0.1, 0.15) is 11.6 Å². The summed E-state index contributed by atoms with van der Waals surface area (Å²) in [5, 5.41) is 6.24. The van der Waals surface area contributed by atoms with Gasteiger partial charge in [-0.15, -0.1) is 6.58 Å². The molecule has 2 N–H and O–H groups in total. The molecule has 0 radical (unpaired) electrons. The summed E-state index contributed by atoms with van der Waals surface area (Å²) in [6.07, 6.45) is 13.3. The van der Waals surface area contributed by atoms with E-state index in [4.69, 9.17) is 9.47 Å². The van der Waals surface area contributed by atoms with Crippen molar-refractivity contribution in [1.29, 1.82) is 0 Å². The molecule has 1 saturated carbocycles. The van der Waals surface area contributed by atoms with Gasteiger partial charge in [0.05, 0.1) is 6.10 Å². The quantitative estimate of drug-likeness (QED) is 0.278. The van der Waals surface area contributed by atoms with Gasteiger partial charge in [-0.3, -0.25) is 0 Å². The van der Waals surface area contributed by atoms with Gasteiger partial charge < -0.3 is 20.1 Å². The zero-order chi connectivity index (χ0) is 22.2. The van der Waals surface area contributed by atoms with Gasteiger partial charge in [-0.05, 0) is 88.2 Å². The number of rotatable bonds is 15. The molecule has 2 rings (SSSR count). The largest absolute Gasteiger partial charge is 0.412 e. The highest BCUT2D eigenvalue weighted by Gasteiger charge is 2.22. The minimum Gasteiger partial charge on any atom is -0.410 e. The second-order valence-electron chi connectivity index (χ2n) is 8.33. The second kappa shape index (κ2) is 15.8. The van der Waals surface area contributed by atoms with E-state index < -0.39 is 6.09 Å². The molecule has 31 heavy (non-hydrogen) atoms. The van der Waals surface area contributed by atoms with Crippen LogP contribution in [-0.2, 0) is 4.74 Å². The van der Waals surface area contributed by atoms with E-state index in [1.807, 2.05) is 6.08 Å². The van der Waals surface area contributed by atoms with Gasteiger partial charge in [0.25, 0.3) is 0 Å². The van der Waals surface area contributed by atoms with Gasteiger partial charge in [0.15, 0.2) is 0 Å². The summed E-state index contributed by atoms with van der Waals surface area (Å²) in [6, 6.07) is 5.43. The SMILES string of the molecule is C=CCCNCCCCCCCOC1CCC(CNC(=O)Oc2ccc(F)cc2)CC1. The van der Waals surface area contributed by atoms with Crippen molar-refractivity contribution >= 4 is 6.09 Å². The topological polar surface area (TPSA) is 59.6 Å². The first-order valence-corrected chi connectivity index (χ1v) is 11.8. The van der Waals surface area contributed by atoms with Gasteiger partial charge in [0, 0.05) is 13.2 Å². The van der Waals surface area contributed by atoms with Crippen LogP contribution in [0.15, 0.2) is 36.9 Å². The van der Waals surface area contributed by atoms with Crippen LogP contribution >= 0.6 is 0 Å². The number of hydrogen-bond acceptors (Lipinski definition) is 4. The van der Waals surface area contributed by atoms with Gasteiger partial charge in [-0.2, -0.15) is 0 Å².